The zero-order valence-corrected chi connectivity index (χ0v) is 13.2. The number of hydrogen-bond donors (Lipinski definition) is 1. The average Bonchev–Trinajstić information content (AvgIpc) is 2.41. The van der Waals surface area contributed by atoms with Crippen molar-refractivity contribution in [2.24, 2.45) is 0 Å². The first kappa shape index (κ1) is 15.6. The minimum absolute atomic E-state index is 0.0134. The highest BCUT2D eigenvalue weighted by Crippen LogP contribution is 2.14. The molecule has 0 spiro atoms. The molecule has 1 aliphatic rings. The van der Waals surface area contributed by atoms with Gasteiger partial charge < -0.3 is 5.32 Å². The Morgan fingerprint density at radius 2 is 1.70 bits per heavy atom. The highest BCUT2D eigenvalue weighted by molar-refractivity contribution is 7.88. The Morgan fingerprint density at radius 3 is 2.25 bits per heavy atom. The Bertz CT molecular complexity index is 560. The lowest BCUT2D eigenvalue weighted by atomic mass is 10.1. The summed E-state index contributed by atoms with van der Waals surface area (Å²) < 4.78 is 37.3. The van der Waals surface area contributed by atoms with Crippen LogP contribution < -0.4 is 5.32 Å². The van der Waals surface area contributed by atoms with Crippen molar-refractivity contribution < 1.29 is 12.6 Å². The molecule has 20 heavy (non-hydrogen) atoms. The van der Waals surface area contributed by atoms with E-state index in [1.165, 1.54) is 4.31 Å². The molecule has 0 radical (unpaired) electrons. The molecule has 1 N–H and O–H groups in total. The lowest BCUT2D eigenvalue weighted by molar-refractivity contribution is 0.438. The molecule has 0 amide bonds. The molecule has 0 aliphatic carbocycles. The van der Waals surface area contributed by atoms with Crippen molar-refractivity contribution in [3.05, 3.63) is 35.4 Å². The molecule has 1 aromatic rings. The molecule has 2 rings (SSSR count). The van der Waals surface area contributed by atoms with Crippen LogP contribution in [0, 0.1) is 0 Å². The lowest BCUT2D eigenvalue weighted by Gasteiger charge is -2.25. The zero-order chi connectivity index (χ0) is 14.6. The van der Waals surface area contributed by atoms with Crippen molar-refractivity contribution in [3.63, 3.8) is 0 Å². The van der Waals surface area contributed by atoms with Gasteiger partial charge in [-0.2, -0.15) is 4.31 Å². The molecule has 1 aromatic carbocycles. The van der Waals surface area contributed by atoms with Crippen molar-refractivity contribution in [2.45, 2.75) is 12.3 Å². The Labute approximate surface area is 122 Å². The Morgan fingerprint density at radius 1 is 1.15 bits per heavy atom. The summed E-state index contributed by atoms with van der Waals surface area (Å²) in [6.07, 6.45) is 0. The van der Waals surface area contributed by atoms with E-state index in [1.54, 1.807) is 0 Å². The molecule has 1 fully saturated rings. The third-order valence-corrected chi connectivity index (χ3v) is 6.41. The maximum atomic E-state index is 12.3. The van der Waals surface area contributed by atoms with E-state index in [9.17, 15) is 12.6 Å². The molecule has 1 aliphatic heterocycles. The highest BCUT2D eigenvalue weighted by Gasteiger charge is 2.26. The number of rotatable bonds is 5. The summed E-state index contributed by atoms with van der Waals surface area (Å²) in [7, 11) is -2.29. The summed E-state index contributed by atoms with van der Waals surface area (Å²) in [5.74, 6) is 0.903. The van der Waals surface area contributed by atoms with Gasteiger partial charge in [-0.05, 0) is 18.2 Å². The zero-order valence-electron chi connectivity index (χ0n) is 11.5. The van der Waals surface area contributed by atoms with Gasteiger partial charge in [0, 0.05) is 41.9 Å². The van der Waals surface area contributed by atoms with Gasteiger partial charge in [0.25, 0.3) is 0 Å². The molecular formula is C13H20N2O3S2. The van der Waals surface area contributed by atoms with Gasteiger partial charge in [-0.3, -0.25) is 4.21 Å². The topological polar surface area (TPSA) is 66.5 Å². The maximum Gasteiger partial charge on any atom is 0.218 e. The van der Waals surface area contributed by atoms with E-state index in [0.29, 0.717) is 24.6 Å². The van der Waals surface area contributed by atoms with Crippen LogP contribution in [-0.2, 0) is 33.1 Å². The van der Waals surface area contributed by atoms with Crippen molar-refractivity contribution in [3.8, 4) is 0 Å². The molecule has 0 saturated carbocycles. The SMILES string of the molecule is CNCc1ccc(CS(=O)(=O)N2CCS(=O)CC2)cc1. The Kier molecular flexibility index (Phi) is 5.31. The third kappa shape index (κ3) is 4.12. The van der Waals surface area contributed by atoms with E-state index >= 15 is 0 Å². The second-order valence-electron chi connectivity index (χ2n) is 4.85. The van der Waals surface area contributed by atoms with Gasteiger partial charge in [0.2, 0.25) is 10.0 Å². The Hall–Kier alpha value is -0.760. The quantitative estimate of drug-likeness (QED) is 0.848. The van der Waals surface area contributed by atoms with Gasteiger partial charge >= 0.3 is 0 Å². The molecule has 1 heterocycles. The third-order valence-electron chi connectivity index (χ3n) is 3.28. The molecule has 112 valence electrons. The highest BCUT2D eigenvalue weighted by atomic mass is 32.2. The number of nitrogens with zero attached hydrogens (tertiary/aromatic N) is 1. The van der Waals surface area contributed by atoms with Crippen LogP contribution >= 0.6 is 0 Å². The second-order valence-corrected chi connectivity index (χ2v) is 8.52. The first-order valence-electron chi connectivity index (χ1n) is 6.56. The summed E-state index contributed by atoms with van der Waals surface area (Å²) in [4.78, 5) is 0. The first-order chi connectivity index (χ1) is 9.51. The number of sulfonamides is 1. The fourth-order valence-corrected chi connectivity index (χ4v) is 4.98. The van der Waals surface area contributed by atoms with E-state index < -0.39 is 20.8 Å². The summed E-state index contributed by atoms with van der Waals surface area (Å²) in [5.41, 5.74) is 1.92. The lowest BCUT2D eigenvalue weighted by Crippen LogP contribution is -2.42. The van der Waals surface area contributed by atoms with Crippen molar-refractivity contribution >= 4 is 20.8 Å². The minimum atomic E-state index is -3.30. The first-order valence-corrected chi connectivity index (χ1v) is 9.66. The summed E-state index contributed by atoms with van der Waals surface area (Å²) in [6, 6.07) is 7.58. The number of hydrogen-bond acceptors (Lipinski definition) is 4. The van der Waals surface area contributed by atoms with Crippen LogP contribution in [0.3, 0.4) is 0 Å². The fraction of sp³-hybridized carbons (Fsp3) is 0.538. The van der Waals surface area contributed by atoms with Crippen molar-refractivity contribution in [1.82, 2.24) is 9.62 Å². The van der Waals surface area contributed by atoms with Gasteiger partial charge in [-0.1, -0.05) is 24.3 Å². The van der Waals surface area contributed by atoms with Crippen LogP contribution in [0.25, 0.3) is 0 Å². The predicted octanol–water partition coefficient (Wildman–Crippen LogP) is 0.300. The molecule has 0 atom stereocenters. The average molecular weight is 316 g/mol. The van der Waals surface area contributed by atoms with Crippen molar-refractivity contribution in [2.75, 3.05) is 31.6 Å². The molecule has 0 unspecified atom stereocenters. The van der Waals surface area contributed by atoms with E-state index in [4.69, 9.17) is 0 Å². The largest absolute Gasteiger partial charge is 0.316 e. The molecule has 5 nitrogen and oxygen atoms in total. The molecule has 1 saturated heterocycles. The normalized spacial score (nSPS) is 18.2. The Balaban J connectivity index is 2.02. The van der Waals surface area contributed by atoms with Crippen LogP contribution in [0.2, 0.25) is 0 Å². The smallest absolute Gasteiger partial charge is 0.218 e. The van der Waals surface area contributed by atoms with Gasteiger partial charge in [-0.25, -0.2) is 8.42 Å². The van der Waals surface area contributed by atoms with Gasteiger partial charge in [0.1, 0.15) is 0 Å². The van der Waals surface area contributed by atoms with E-state index in [1.807, 2.05) is 31.3 Å². The molecule has 0 aromatic heterocycles. The molecule has 0 bridgehead atoms. The predicted molar refractivity (Wildman–Crippen MR) is 81.3 cm³/mol. The number of nitrogens with one attached hydrogen (secondary N) is 1. The van der Waals surface area contributed by atoms with E-state index in [-0.39, 0.29) is 5.75 Å². The van der Waals surface area contributed by atoms with E-state index in [0.717, 1.165) is 17.7 Å². The molecule has 7 heteroatoms. The summed E-state index contributed by atoms with van der Waals surface area (Å²) in [6.45, 7) is 1.50. The fourth-order valence-electron chi connectivity index (χ4n) is 2.16. The standard InChI is InChI=1S/C13H20N2O3S2/c1-14-10-12-2-4-13(5-3-12)11-20(17,18)15-6-8-19(16)9-7-15/h2-5,14H,6-11H2,1H3. The maximum absolute atomic E-state index is 12.3. The van der Waals surface area contributed by atoms with Crippen LogP contribution in [-0.4, -0.2) is 48.6 Å². The van der Waals surface area contributed by atoms with Crippen LogP contribution in [0.1, 0.15) is 11.1 Å². The second kappa shape index (κ2) is 6.80. The van der Waals surface area contributed by atoms with Crippen LogP contribution in [0.5, 0.6) is 0 Å². The van der Waals surface area contributed by atoms with Crippen LogP contribution in [0.15, 0.2) is 24.3 Å². The van der Waals surface area contributed by atoms with Gasteiger partial charge in [-0.15, -0.1) is 0 Å². The van der Waals surface area contributed by atoms with Crippen LogP contribution in [0.4, 0.5) is 0 Å². The monoisotopic (exact) mass is 316 g/mol. The summed E-state index contributed by atoms with van der Waals surface area (Å²) in [5, 5.41) is 3.05. The van der Waals surface area contributed by atoms with Gasteiger partial charge in [0.15, 0.2) is 0 Å². The molecular weight excluding hydrogens is 296 g/mol. The van der Waals surface area contributed by atoms with E-state index in [2.05, 4.69) is 5.32 Å². The summed E-state index contributed by atoms with van der Waals surface area (Å²) >= 11 is 0. The minimum Gasteiger partial charge on any atom is -0.316 e. The van der Waals surface area contributed by atoms with Crippen molar-refractivity contribution in [1.29, 1.82) is 0 Å². The number of benzene rings is 1. The van der Waals surface area contributed by atoms with Gasteiger partial charge in [0.05, 0.1) is 5.75 Å².